The van der Waals surface area contributed by atoms with Crippen LogP contribution >= 0.6 is 24.0 Å². The number of guanidine groups is 1. The predicted octanol–water partition coefficient (Wildman–Crippen LogP) is 3.13. The van der Waals surface area contributed by atoms with Crippen LogP contribution in [-0.4, -0.2) is 68.1 Å². The van der Waals surface area contributed by atoms with E-state index in [2.05, 4.69) is 41.7 Å². The highest BCUT2D eigenvalue weighted by atomic mass is 127. The fourth-order valence-electron chi connectivity index (χ4n) is 2.86. The van der Waals surface area contributed by atoms with E-state index in [-0.39, 0.29) is 30.0 Å². The van der Waals surface area contributed by atoms with Crippen LogP contribution in [0, 0.1) is 0 Å². The van der Waals surface area contributed by atoms with Gasteiger partial charge in [-0.1, -0.05) is 6.07 Å². The smallest absolute Gasteiger partial charge is 0.195 e. The monoisotopic (exact) mass is 530 g/mol. The van der Waals surface area contributed by atoms with Gasteiger partial charge in [0, 0.05) is 57.2 Å². The minimum absolute atomic E-state index is 0. The van der Waals surface area contributed by atoms with E-state index in [0.29, 0.717) is 19.8 Å². The van der Waals surface area contributed by atoms with Gasteiger partial charge in [-0.05, 0) is 33.2 Å². The molecular weight excluding hydrogens is 495 g/mol. The molecule has 1 aromatic heterocycles. The number of anilines is 1. The molecule has 0 bridgehead atoms. The summed E-state index contributed by atoms with van der Waals surface area (Å²) in [5.74, 6) is 1.56. The highest BCUT2D eigenvalue weighted by Crippen LogP contribution is 2.19. The fourth-order valence-corrected chi connectivity index (χ4v) is 2.86. The maximum Gasteiger partial charge on any atom is 0.195 e. The van der Waals surface area contributed by atoms with Crippen molar-refractivity contribution < 1.29 is 9.47 Å². The molecule has 168 valence electrons. The van der Waals surface area contributed by atoms with Gasteiger partial charge in [-0.2, -0.15) is 5.10 Å². The molecule has 0 aliphatic carbocycles. The van der Waals surface area contributed by atoms with Crippen molar-refractivity contribution in [3.63, 3.8) is 0 Å². The van der Waals surface area contributed by atoms with Gasteiger partial charge in [-0.15, -0.1) is 24.0 Å². The van der Waals surface area contributed by atoms with Crippen LogP contribution in [0.4, 0.5) is 5.69 Å². The van der Waals surface area contributed by atoms with E-state index < -0.39 is 0 Å². The van der Waals surface area contributed by atoms with E-state index >= 15 is 0 Å². The maximum absolute atomic E-state index is 5.78. The molecule has 9 heteroatoms. The Hall–Kier alpha value is -1.85. The lowest BCUT2D eigenvalue weighted by molar-refractivity contribution is 0.172. The molecule has 0 radical (unpaired) electrons. The van der Waals surface area contributed by atoms with Gasteiger partial charge in [0.25, 0.3) is 0 Å². The Labute approximate surface area is 197 Å². The molecule has 8 nitrogen and oxygen atoms in total. The van der Waals surface area contributed by atoms with Crippen LogP contribution in [0.3, 0.4) is 0 Å². The molecule has 1 atom stereocenters. The Balaban J connectivity index is 0.00000450. The number of aromatic nitrogens is 2. The van der Waals surface area contributed by atoms with Gasteiger partial charge < -0.3 is 25.0 Å². The highest BCUT2D eigenvalue weighted by Gasteiger charge is 2.15. The lowest BCUT2D eigenvalue weighted by Crippen LogP contribution is -2.32. The Morgan fingerprint density at radius 1 is 1.30 bits per heavy atom. The van der Waals surface area contributed by atoms with Crippen LogP contribution in [0.5, 0.6) is 5.75 Å². The third-order valence-corrected chi connectivity index (χ3v) is 4.36. The van der Waals surface area contributed by atoms with Crippen molar-refractivity contribution in [3.05, 3.63) is 42.2 Å². The molecule has 1 aromatic carbocycles. The molecule has 0 saturated carbocycles. The summed E-state index contributed by atoms with van der Waals surface area (Å²) in [5.41, 5.74) is 2.07. The summed E-state index contributed by atoms with van der Waals surface area (Å²) >= 11 is 0. The minimum Gasteiger partial charge on any atom is -0.493 e. The summed E-state index contributed by atoms with van der Waals surface area (Å²) < 4.78 is 12.7. The zero-order chi connectivity index (χ0) is 21.1. The first kappa shape index (κ1) is 26.2. The summed E-state index contributed by atoms with van der Waals surface area (Å²) in [7, 11) is 7.73. The zero-order valence-electron chi connectivity index (χ0n) is 18.6. The second-order valence-corrected chi connectivity index (χ2v) is 6.99. The highest BCUT2D eigenvalue weighted by molar-refractivity contribution is 14.0. The summed E-state index contributed by atoms with van der Waals surface area (Å²) in [5, 5.41) is 11.0. The first-order valence-electron chi connectivity index (χ1n) is 9.95. The lowest BCUT2D eigenvalue weighted by Gasteiger charge is -2.22. The number of benzene rings is 1. The topological polar surface area (TPSA) is 75.9 Å². The van der Waals surface area contributed by atoms with E-state index in [0.717, 1.165) is 35.9 Å². The van der Waals surface area contributed by atoms with Gasteiger partial charge >= 0.3 is 0 Å². The number of ether oxygens (including phenoxy) is 2. The molecule has 30 heavy (non-hydrogen) atoms. The molecule has 2 aromatic rings. The second kappa shape index (κ2) is 14.2. The first-order valence-corrected chi connectivity index (χ1v) is 9.95. The molecule has 0 fully saturated rings. The third-order valence-electron chi connectivity index (χ3n) is 4.36. The average Bonchev–Trinajstić information content (AvgIpc) is 3.11. The number of hydrogen-bond donors (Lipinski definition) is 2. The molecule has 1 unspecified atom stereocenters. The van der Waals surface area contributed by atoms with Crippen LogP contribution in [0.2, 0.25) is 0 Å². The van der Waals surface area contributed by atoms with Gasteiger partial charge in [0.15, 0.2) is 5.96 Å². The fraction of sp³-hybridized carbons (Fsp3) is 0.524. The van der Waals surface area contributed by atoms with Gasteiger partial charge in [-0.25, -0.2) is 0 Å². The van der Waals surface area contributed by atoms with Crippen LogP contribution < -0.4 is 15.4 Å². The van der Waals surface area contributed by atoms with E-state index in [1.54, 1.807) is 7.11 Å². The predicted molar refractivity (Wildman–Crippen MR) is 133 cm³/mol. The SMILES string of the molecule is CCNC(=NCC(c1cnn(C)c1)N(C)C)Nc1cccc(OCCCOC)c1.I. The van der Waals surface area contributed by atoms with E-state index in [4.69, 9.17) is 14.5 Å². The van der Waals surface area contributed by atoms with Crippen LogP contribution in [0.15, 0.2) is 41.7 Å². The first-order chi connectivity index (χ1) is 14.0. The normalized spacial score (nSPS) is 12.4. The van der Waals surface area contributed by atoms with E-state index in [1.165, 1.54) is 0 Å². The van der Waals surface area contributed by atoms with E-state index in [1.807, 2.05) is 48.4 Å². The summed E-state index contributed by atoms with van der Waals surface area (Å²) in [6.07, 6.45) is 4.79. The summed E-state index contributed by atoms with van der Waals surface area (Å²) in [6.45, 7) is 4.76. The Morgan fingerprint density at radius 2 is 2.10 bits per heavy atom. The number of rotatable bonds is 11. The Kier molecular flexibility index (Phi) is 12.4. The number of methoxy groups -OCH3 is 1. The van der Waals surface area contributed by atoms with Gasteiger partial charge in [-0.3, -0.25) is 9.67 Å². The molecule has 0 aliphatic rings. The van der Waals surface area contributed by atoms with Gasteiger partial charge in [0.2, 0.25) is 0 Å². The number of halogens is 1. The molecule has 0 saturated heterocycles. The molecular formula is C21H35IN6O2. The Morgan fingerprint density at radius 3 is 2.73 bits per heavy atom. The largest absolute Gasteiger partial charge is 0.493 e. The van der Waals surface area contributed by atoms with E-state index in [9.17, 15) is 0 Å². The Bertz CT molecular complexity index is 765. The van der Waals surface area contributed by atoms with Crippen molar-refractivity contribution in [2.75, 3.05) is 52.8 Å². The van der Waals surface area contributed by atoms with Crippen molar-refractivity contribution in [1.82, 2.24) is 20.0 Å². The second-order valence-electron chi connectivity index (χ2n) is 6.99. The van der Waals surface area contributed by atoms with Gasteiger partial charge in [0.1, 0.15) is 5.75 Å². The number of nitrogens with zero attached hydrogens (tertiary/aromatic N) is 4. The molecule has 2 rings (SSSR count). The van der Waals surface area contributed by atoms with Crippen molar-refractivity contribution in [2.45, 2.75) is 19.4 Å². The molecule has 0 aliphatic heterocycles. The average molecular weight is 530 g/mol. The zero-order valence-corrected chi connectivity index (χ0v) is 20.9. The maximum atomic E-state index is 5.78. The minimum atomic E-state index is 0. The van der Waals surface area contributed by atoms with Crippen molar-refractivity contribution in [1.29, 1.82) is 0 Å². The number of likely N-dealkylation sites (N-methyl/N-ethyl adjacent to an activating group) is 1. The quantitative estimate of drug-likeness (QED) is 0.201. The van der Waals surface area contributed by atoms with Crippen molar-refractivity contribution in [3.8, 4) is 5.75 Å². The molecule has 2 N–H and O–H groups in total. The number of aryl methyl sites for hydroxylation is 1. The molecule has 0 spiro atoms. The number of hydrogen-bond acceptors (Lipinski definition) is 5. The standard InChI is InChI=1S/C21H34N6O2.HI/c1-6-22-21(23-15-20(26(2)3)17-14-24-27(4)16-17)25-18-9-7-10-19(13-18)29-12-8-11-28-5;/h7,9-10,13-14,16,20H,6,8,11-12,15H2,1-5H3,(H2,22,23,25);1H. The van der Waals surface area contributed by atoms with Crippen LogP contribution in [0.25, 0.3) is 0 Å². The number of nitrogens with one attached hydrogen (secondary N) is 2. The third kappa shape index (κ3) is 8.88. The van der Waals surface area contributed by atoms with Crippen molar-refractivity contribution in [2.24, 2.45) is 12.0 Å². The van der Waals surface area contributed by atoms with Crippen LogP contribution in [-0.2, 0) is 11.8 Å². The molecule has 1 heterocycles. The molecule has 0 amide bonds. The lowest BCUT2D eigenvalue weighted by atomic mass is 10.1. The summed E-state index contributed by atoms with van der Waals surface area (Å²) in [4.78, 5) is 6.94. The van der Waals surface area contributed by atoms with Crippen LogP contribution in [0.1, 0.15) is 24.9 Å². The number of aliphatic imine (C=N–C) groups is 1. The van der Waals surface area contributed by atoms with Gasteiger partial charge in [0.05, 0.1) is 25.4 Å². The van der Waals surface area contributed by atoms with Crippen molar-refractivity contribution >= 4 is 35.6 Å². The summed E-state index contributed by atoms with van der Waals surface area (Å²) in [6, 6.07) is 8.04.